The molecule has 3 rings (SSSR count). The molecule has 7 heteroatoms. The van der Waals surface area contributed by atoms with Gasteiger partial charge in [0.05, 0.1) is 11.2 Å². The van der Waals surface area contributed by atoms with Crippen LogP contribution in [0.5, 0.6) is 5.75 Å². The maximum atomic E-state index is 12.3. The molecule has 0 aliphatic carbocycles. The van der Waals surface area contributed by atoms with Crippen molar-refractivity contribution >= 4 is 11.6 Å². The van der Waals surface area contributed by atoms with Gasteiger partial charge in [-0.15, -0.1) is 0 Å². The van der Waals surface area contributed by atoms with Gasteiger partial charge in [-0.05, 0) is 29.8 Å². The highest BCUT2D eigenvalue weighted by molar-refractivity contribution is 5.78. The molecule has 3 aromatic rings. The van der Waals surface area contributed by atoms with Gasteiger partial charge in [-0.1, -0.05) is 30.3 Å². The molecule has 7 nitrogen and oxygen atoms in total. The van der Waals surface area contributed by atoms with Gasteiger partial charge in [0.25, 0.3) is 11.6 Å². The van der Waals surface area contributed by atoms with Gasteiger partial charge in [0, 0.05) is 12.1 Å². The van der Waals surface area contributed by atoms with Gasteiger partial charge in [0.15, 0.2) is 6.61 Å². The number of hydrogen-bond acceptors (Lipinski definition) is 5. The summed E-state index contributed by atoms with van der Waals surface area (Å²) in [6.07, 6.45) is 1.55. The van der Waals surface area contributed by atoms with Gasteiger partial charge >= 0.3 is 0 Å². The van der Waals surface area contributed by atoms with Crippen molar-refractivity contribution in [1.29, 1.82) is 0 Å². The molecule has 132 valence electrons. The topological polar surface area (TPSA) is 94.6 Å². The second kappa shape index (κ2) is 7.98. The number of ether oxygens (including phenoxy) is 1. The lowest BCUT2D eigenvalue weighted by atomic mass is 10.0. The maximum Gasteiger partial charge on any atom is 0.269 e. The Labute approximate surface area is 149 Å². The first kappa shape index (κ1) is 17.2. The number of amides is 1. The Hall–Kier alpha value is -3.61. The Morgan fingerprint density at radius 3 is 2.42 bits per heavy atom. The van der Waals surface area contributed by atoms with E-state index in [1.165, 1.54) is 24.3 Å². The van der Waals surface area contributed by atoms with E-state index < -0.39 is 11.0 Å². The molecular weight excluding hydrogens is 336 g/mol. The lowest BCUT2D eigenvalue weighted by molar-refractivity contribution is -0.384. The summed E-state index contributed by atoms with van der Waals surface area (Å²) in [6.45, 7) is -0.220. The number of hydrogen-bond donors (Lipinski definition) is 1. The van der Waals surface area contributed by atoms with Crippen LogP contribution in [0.2, 0.25) is 0 Å². The number of nitro benzene ring substituents is 1. The van der Waals surface area contributed by atoms with E-state index in [4.69, 9.17) is 9.15 Å². The third kappa shape index (κ3) is 4.27. The summed E-state index contributed by atoms with van der Waals surface area (Å²) in [5, 5.41) is 13.5. The average Bonchev–Trinajstić information content (AvgIpc) is 3.20. The first-order chi connectivity index (χ1) is 12.6. The molecule has 1 heterocycles. The molecule has 1 amide bonds. The fourth-order valence-electron chi connectivity index (χ4n) is 2.44. The third-order valence-corrected chi connectivity index (χ3v) is 3.68. The maximum absolute atomic E-state index is 12.3. The minimum atomic E-state index is -0.496. The van der Waals surface area contributed by atoms with Gasteiger partial charge in [-0.3, -0.25) is 14.9 Å². The van der Waals surface area contributed by atoms with Gasteiger partial charge in [0.2, 0.25) is 0 Å². The lowest BCUT2D eigenvalue weighted by Gasteiger charge is -2.17. The molecule has 0 radical (unpaired) electrons. The van der Waals surface area contributed by atoms with E-state index in [1.54, 1.807) is 18.4 Å². The SMILES string of the molecule is O=C(COc1ccc([N+](=O)[O-])cc1)NC(c1ccccc1)c1ccco1. The van der Waals surface area contributed by atoms with E-state index >= 15 is 0 Å². The minimum absolute atomic E-state index is 0.0382. The Morgan fingerprint density at radius 1 is 1.08 bits per heavy atom. The van der Waals surface area contributed by atoms with Crippen LogP contribution in [-0.4, -0.2) is 17.4 Å². The number of nitrogens with one attached hydrogen (secondary N) is 1. The van der Waals surface area contributed by atoms with Crippen LogP contribution in [0.3, 0.4) is 0 Å². The molecule has 0 saturated heterocycles. The zero-order valence-corrected chi connectivity index (χ0v) is 13.7. The monoisotopic (exact) mass is 352 g/mol. The first-order valence-corrected chi connectivity index (χ1v) is 7.88. The van der Waals surface area contributed by atoms with Crippen molar-refractivity contribution in [1.82, 2.24) is 5.32 Å². The molecule has 2 aromatic carbocycles. The van der Waals surface area contributed by atoms with Crippen LogP contribution in [0.15, 0.2) is 77.4 Å². The summed E-state index contributed by atoms with van der Waals surface area (Å²) >= 11 is 0. The van der Waals surface area contributed by atoms with Gasteiger partial charge in [0.1, 0.15) is 17.6 Å². The highest BCUT2D eigenvalue weighted by atomic mass is 16.6. The van der Waals surface area contributed by atoms with Crippen LogP contribution in [0.1, 0.15) is 17.4 Å². The molecule has 0 saturated carbocycles. The quantitative estimate of drug-likeness (QED) is 0.519. The van der Waals surface area contributed by atoms with E-state index in [2.05, 4.69) is 5.32 Å². The molecule has 0 spiro atoms. The number of benzene rings is 2. The van der Waals surface area contributed by atoms with Crippen molar-refractivity contribution in [2.24, 2.45) is 0 Å². The van der Waals surface area contributed by atoms with Crippen LogP contribution in [-0.2, 0) is 4.79 Å². The number of furan rings is 1. The smallest absolute Gasteiger partial charge is 0.269 e. The standard InChI is InChI=1S/C19H16N2O5/c22-18(13-26-16-10-8-15(9-11-16)21(23)24)20-19(17-7-4-12-25-17)14-5-2-1-3-6-14/h1-12,19H,13H2,(H,20,22). The van der Waals surface area contributed by atoms with E-state index in [9.17, 15) is 14.9 Å². The highest BCUT2D eigenvalue weighted by Gasteiger charge is 2.19. The fraction of sp³-hybridized carbons (Fsp3) is 0.105. The molecular formula is C19H16N2O5. The lowest BCUT2D eigenvalue weighted by Crippen LogP contribution is -2.33. The summed E-state index contributed by atoms with van der Waals surface area (Å²) in [4.78, 5) is 22.4. The molecule has 0 aliphatic rings. The molecule has 0 fully saturated rings. The Morgan fingerprint density at radius 2 is 1.81 bits per heavy atom. The third-order valence-electron chi connectivity index (χ3n) is 3.68. The van der Waals surface area contributed by atoms with Crippen molar-refractivity contribution in [2.45, 2.75) is 6.04 Å². The second-order valence-electron chi connectivity index (χ2n) is 5.47. The molecule has 1 atom stereocenters. The van der Waals surface area contributed by atoms with Crippen molar-refractivity contribution in [3.8, 4) is 5.75 Å². The van der Waals surface area contributed by atoms with Crippen molar-refractivity contribution < 1.29 is 18.9 Å². The Bertz CT molecular complexity index is 861. The number of nitrogens with zero attached hydrogens (tertiary/aromatic N) is 1. The van der Waals surface area contributed by atoms with E-state index in [0.717, 1.165) is 5.56 Å². The predicted octanol–water partition coefficient (Wildman–Crippen LogP) is 3.47. The zero-order chi connectivity index (χ0) is 18.4. The van der Waals surface area contributed by atoms with Crippen molar-refractivity contribution in [2.75, 3.05) is 6.61 Å². The number of nitro groups is 1. The predicted molar refractivity (Wildman–Crippen MR) is 93.7 cm³/mol. The van der Waals surface area contributed by atoms with E-state index in [1.807, 2.05) is 30.3 Å². The van der Waals surface area contributed by atoms with Crippen LogP contribution >= 0.6 is 0 Å². The molecule has 1 aromatic heterocycles. The molecule has 1 unspecified atom stereocenters. The number of carbonyl (C=O) groups excluding carboxylic acids is 1. The summed E-state index contributed by atoms with van der Waals surface area (Å²) in [5.41, 5.74) is 0.842. The van der Waals surface area contributed by atoms with Crippen LogP contribution in [0.4, 0.5) is 5.69 Å². The Balaban J connectivity index is 1.64. The average molecular weight is 352 g/mol. The zero-order valence-electron chi connectivity index (χ0n) is 13.7. The second-order valence-corrected chi connectivity index (χ2v) is 5.47. The number of rotatable bonds is 7. The molecule has 1 N–H and O–H groups in total. The van der Waals surface area contributed by atoms with Crippen molar-refractivity contribution in [3.05, 3.63) is 94.4 Å². The molecule has 26 heavy (non-hydrogen) atoms. The van der Waals surface area contributed by atoms with Gasteiger partial charge in [-0.2, -0.15) is 0 Å². The largest absolute Gasteiger partial charge is 0.484 e. The summed E-state index contributed by atoms with van der Waals surface area (Å²) in [7, 11) is 0. The number of non-ortho nitro benzene ring substituents is 1. The van der Waals surface area contributed by atoms with Crippen LogP contribution in [0.25, 0.3) is 0 Å². The van der Waals surface area contributed by atoms with Crippen LogP contribution in [0, 0.1) is 10.1 Å². The highest BCUT2D eigenvalue weighted by Crippen LogP contribution is 2.22. The number of carbonyl (C=O) groups is 1. The van der Waals surface area contributed by atoms with Crippen LogP contribution < -0.4 is 10.1 Å². The van der Waals surface area contributed by atoms with Gasteiger partial charge in [-0.25, -0.2) is 0 Å². The van der Waals surface area contributed by atoms with Crippen molar-refractivity contribution in [3.63, 3.8) is 0 Å². The normalized spacial score (nSPS) is 11.5. The van der Waals surface area contributed by atoms with E-state index in [-0.39, 0.29) is 18.2 Å². The Kier molecular flexibility index (Phi) is 5.28. The minimum Gasteiger partial charge on any atom is -0.484 e. The fourth-order valence-corrected chi connectivity index (χ4v) is 2.44. The molecule has 0 bridgehead atoms. The first-order valence-electron chi connectivity index (χ1n) is 7.88. The van der Waals surface area contributed by atoms with Gasteiger partial charge < -0.3 is 14.5 Å². The summed E-state index contributed by atoms with van der Waals surface area (Å²) in [6, 6.07) is 18.1. The summed E-state index contributed by atoms with van der Waals surface area (Å²) in [5.74, 6) is 0.647. The summed E-state index contributed by atoms with van der Waals surface area (Å²) < 4.78 is 10.8. The molecule has 0 aliphatic heterocycles. The van der Waals surface area contributed by atoms with E-state index in [0.29, 0.717) is 11.5 Å².